The summed E-state index contributed by atoms with van der Waals surface area (Å²) < 4.78 is 13.1. The van der Waals surface area contributed by atoms with Gasteiger partial charge in [0.15, 0.2) is 0 Å². The first-order valence-electron chi connectivity index (χ1n) is 8.86. The van der Waals surface area contributed by atoms with Gasteiger partial charge in [-0.25, -0.2) is 4.39 Å². The number of likely N-dealkylation sites (tertiary alicyclic amines) is 1. The molecule has 0 atom stereocenters. The van der Waals surface area contributed by atoms with Gasteiger partial charge < -0.3 is 10.2 Å². The van der Waals surface area contributed by atoms with Gasteiger partial charge >= 0.3 is 0 Å². The number of halogens is 1. The van der Waals surface area contributed by atoms with Gasteiger partial charge in [-0.1, -0.05) is 26.0 Å². The summed E-state index contributed by atoms with van der Waals surface area (Å²) in [6.45, 7) is 5.48. The summed E-state index contributed by atoms with van der Waals surface area (Å²) >= 11 is 0. The summed E-state index contributed by atoms with van der Waals surface area (Å²) in [5.41, 5.74) is 0.675. The molecule has 1 aliphatic rings. The zero-order valence-electron chi connectivity index (χ0n) is 14.6. The molecule has 0 saturated carbocycles. The quantitative estimate of drug-likeness (QED) is 0.869. The van der Waals surface area contributed by atoms with Crippen LogP contribution in [0, 0.1) is 11.7 Å². The molecule has 1 aromatic rings. The third kappa shape index (κ3) is 5.05. The van der Waals surface area contributed by atoms with E-state index in [1.807, 2.05) is 18.7 Å². The molecule has 2 rings (SSSR count). The van der Waals surface area contributed by atoms with Gasteiger partial charge in [0.2, 0.25) is 11.8 Å². The van der Waals surface area contributed by atoms with E-state index in [0.29, 0.717) is 18.7 Å². The average Bonchev–Trinajstić information content (AvgIpc) is 2.56. The van der Waals surface area contributed by atoms with Crippen molar-refractivity contribution in [1.29, 1.82) is 0 Å². The van der Waals surface area contributed by atoms with E-state index in [1.54, 1.807) is 12.1 Å². The summed E-state index contributed by atoms with van der Waals surface area (Å²) in [4.78, 5) is 26.4. The Morgan fingerprint density at radius 1 is 1.25 bits per heavy atom. The summed E-state index contributed by atoms with van der Waals surface area (Å²) in [5, 5.41) is 3.00. The van der Waals surface area contributed by atoms with Crippen LogP contribution < -0.4 is 5.32 Å². The Morgan fingerprint density at radius 3 is 2.50 bits per heavy atom. The Balaban J connectivity index is 1.78. The fourth-order valence-electron chi connectivity index (χ4n) is 3.25. The van der Waals surface area contributed by atoms with Gasteiger partial charge in [-0.15, -0.1) is 0 Å². The van der Waals surface area contributed by atoms with Crippen molar-refractivity contribution in [2.75, 3.05) is 13.1 Å². The van der Waals surface area contributed by atoms with Crippen LogP contribution >= 0.6 is 0 Å². The lowest BCUT2D eigenvalue weighted by Gasteiger charge is -2.34. The molecule has 1 heterocycles. The van der Waals surface area contributed by atoms with Gasteiger partial charge in [0.05, 0.1) is 6.42 Å². The van der Waals surface area contributed by atoms with Crippen molar-refractivity contribution in [2.45, 2.75) is 52.0 Å². The molecule has 1 aromatic carbocycles. The molecule has 0 unspecified atom stereocenters. The van der Waals surface area contributed by atoms with E-state index in [-0.39, 0.29) is 36.0 Å². The number of carbonyl (C=O) groups excluding carboxylic acids is 2. The van der Waals surface area contributed by atoms with E-state index in [1.165, 1.54) is 12.1 Å². The van der Waals surface area contributed by atoms with E-state index in [4.69, 9.17) is 0 Å². The largest absolute Gasteiger partial charge is 0.353 e. The molecular weight excluding hydrogens is 307 g/mol. The zero-order valence-corrected chi connectivity index (χ0v) is 14.6. The number of amides is 2. The molecule has 1 N–H and O–H groups in total. The van der Waals surface area contributed by atoms with Crippen LogP contribution in [0.25, 0.3) is 0 Å². The van der Waals surface area contributed by atoms with Crippen molar-refractivity contribution in [3.63, 3.8) is 0 Å². The average molecular weight is 334 g/mol. The van der Waals surface area contributed by atoms with Crippen LogP contribution in [-0.2, 0) is 16.0 Å². The maximum absolute atomic E-state index is 13.1. The van der Waals surface area contributed by atoms with E-state index < -0.39 is 0 Å². The maximum atomic E-state index is 13.1. The number of benzene rings is 1. The summed E-state index contributed by atoms with van der Waals surface area (Å²) in [6, 6.07) is 6.21. The number of rotatable bonds is 6. The fraction of sp³-hybridized carbons (Fsp3) is 0.579. The van der Waals surface area contributed by atoms with Crippen LogP contribution in [0.4, 0.5) is 4.39 Å². The molecule has 0 spiro atoms. The van der Waals surface area contributed by atoms with Gasteiger partial charge in [-0.05, 0) is 43.4 Å². The SMILES string of the molecule is CCC(CC)C(=O)N1CCC(NC(=O)Cc2cccc(F)c2)CC1. The highest BCUT2D eigenvalue weighted by atomic mass is 19.1. The minimum atomic E-state index is -0.325. The van der Waals surface area contributed by atoms with Crippen molar-refractivity contribution >= 4 is 11.8 Å². The van der Waals surface area contributed by atoms with Gasteiger partial charge in [0.25, 0.3) is 0 Å². The Kier molecular flexibility index (Phi) is 6.76. The van der Waals surface area contributed by atoms with Crippen LogP contribution in [0.3, 0.4) is 0 Å². The van der Waals surface area contributed by atoms with Crippen molar-refractivity contribution in [2.24, 2.45) is 5.92 Å². The predicted molar refractivity (Wildman–Crippen MR) is 91.9 cm³/mol. The van der Waals surface area contributed by atoms with E-state index in [2.05, 4.69) is 5.32 Å². The molecule has 132 valence electrons. The van der Waals surface area contributed by atoms with E-state index in [9.17, 15) is 14.0 Å². The molecule has 5 heteroatoms. The highest BCUT2D eigenvalue weighted by Crippen LogP contribution is 2.17. The molecule has 2 amide bonds. The van der Waals surface area contributed by atoms with Gasteiger partial charge in [0.1, 0.15) is 5.82 Å². The second-order valence-corrected chi connectivity index (χ2v) is 6.49. The topological polar surface area (TPSA) is 49.4 Å². The Hall–Kier alpha value is -1.91. The van der Waals surface area contributed by atoms with Crippen molar-refractivity contribution in [3.05, 3.63) is 35.6 Å². The lowest BCUT2D eigenvalue weighted by atomic mass is 9.98. The molecule has 24 heavy (non-hydrogen) atoms. The third-order valence-corrected chi connectivity index (χ3v) is 4.76. The highest BCUT2D eigenvalue weighted by Gasteiger charge is 2.27. The smallest absolute Gasteiger partial charge is 0.225 e. The first-order valence-corrected chi connectivity index (χ1v) is 8.86. The maximum Gasteiger partial charge on any atom is 0.225 e. The Labute approximate surface area is 143 Å². The standard InChI is InChI=1S/C19H27FN2O2/c1-3-15(4-2)19(24)22-10-8-17(9-11-22)21-18(23)13-14-6-5-7-16(20)12-14/h5-7,12,15,17H,3-4,8-11,13H2,1-2H3,(H,21,23). The molecule has 1 aliphatic heterocycles. The molecule has 0 aromatic heterocycles. The Morgan fingerprint density at radius 2 is 1.92 bits per heavy atom. The van der Waals surface area contributed by atoms with Crippen molar-refractivity contribution in [1.82, 2.24) is 10.2 Å². The number of piperidine rings is 1. The monoisotopic (exact) mass is 334 g/mol. The number of hydrogen-bond donors (Lipinski definition) is 1. The first kappa shape index (κ1) is 18.4. The number of nitrogens with one attached hydrogen (secondary N) is 1. The number of carbonyl (C=O) groups is 2. The van der Waals surface area contributed by atoms with Crippen LogP contribution in [-0.4, -0.2) is 35.8 Å². The fourth-order valence-corrected chi connectivity index (χ4v) is 3.25. The minimum Gasteiger partial charge on any atom is -0.353 e. The normalized spacial score (nSPS) is 15.6. The molecule has 1 fully saturated rings. The lowest BCUT2D eigenvalue weighted by molar-refractivity contribution is -0.137. The molecule has 1 saturated heterocycles. The predicted octanol–water partition coefficient (Wildman–Crippen LogP) is 2.91. The van der Waals surface area contributed by atoms with Gasteiger partial charge in [0, 0.05) is 25.0 Å². The van der Waals surface area contributed by atoms with Crippen LogP contribution in [0.1, 0.15) is 45.1 Å². The van der Waals surface area contributed by atoms with E-state index >= 15 is 0 Å². The van der Waals surface area contributed by atoms with Crippen molar-refractivity contribution < 1.29 is 14.0 Å². The molecule has 0 bridgehead atoms. The zero-order chi connectivity index (χ0) is 17.5. The summed E-state index contributed by atoms with van der Waals surface area (Å²) in [5.74, 6) is -0.0625. The van der Waals surface area contributed by atoms with E-state index in [0.717, 1.165) is 25.7 Å². The number of hydrogen-bond acceptors (Lipinski definition) is 2. The highest BCUT2D eigenvalue weighted by molar-refractivity contribution is 5.80. The third-order valence-electron chi connectivity index (χ3n) is 4.76. The van der Waals surface area contributed by atoms with Gasteiger partial charge in [-0.2, -0.15) is 0 Å². The molecule has 0 radical (unpaired) electrons. The molecular formula is C19H27FN2O2. The molecule has 4 nitrogen and oxygen atoms in total. The van der Waals surface area contributed by atoms with Crippen LogP contribution in [0.15, 0.2) is 24.3 Å². The minimum absolute atomic E-state index is 0.0923. The van der Waals surface area contributed by atoms with Crippen LogP contribution in [0.5, 0.6) is 0 Å². The molecule has 0 aliphatic carbocycles. The summed E-state index contributed by atoms with van der Waals surface area (Å²) in [7, 11) is 0. The van der Waals surface area contributed by atoms with Crippen molar-refractivity contribution in [3.8, 4) is 0 Å². The summed E-state index contributed by atoms with van der Waals surface area (Å²) in [6.07, 6.45) is 3.49. The number of nitrogens with zero attached hydrogens (tertiary/aromatic N) is 1. The Bertz CT molecular complexity index is 564. The second-order valence-electron chi connectivity index (χ2n) is 6.49. The first-order chi connectivity index (χ1) is 11.5. The lowest BCUT2D eigenvalue weighted by Crippen LogP contribution is -2.48. The van der Waals surface area contributed by atoms with Gasteiger partial charge in [-0.3, -0.25) is 9.59 Å². The second kappa shape index (κ2) is 8.81. The van der Waals surface area contributed by atoms with Crippen LogP contribution in [0.2, 0.25) is 0 Å².